The van der Waals surface area contributed by atoms with Crippen LogP contribution in [-0.4, -0.2) is 16.3 Å². The third-order valence-corrected chi connectivity index (χ3v) is 0.262. The molecule has 0 aromatic rings. The molecule has 0 radical (unpaired) electrons. The number of urea groups is 1. The molecule has 0 heterocycles. The lowest BCUT2D eigenvalue weighted by Gasteiger charge is -1.90. The predicted octanol–water partition coefficient (Wildman–Crippen LogP) is -3.50. The molecule has 0 saturated heterocycles. The summed E-state index contributed by atoms with van der Waals surface area (Å²) in [5.74, 6) is 17.1. The van der Waals surface area contributed by atoms with Gasteiger partial charge < -0.3 is 5.21 Å². The van der Waals surface area contributed by atoms with Crippen molar-refractivity contribution < 1.29 is 15.1 Å². The molecule has 0 aromatic heterocycles. The van der Waals surface area contributed by atoms with Crippen molar-refractivity contribution in [1.29, 1.82) is 0 Å². The van der Waals surface area contributed by atoms with Crippen molar-refractivity contribution >= 4 is 6.03 Å². The normalized spacial score (nSPS) is 6.00. The van der Waals surface area contributed by atoms with Crippen LogP contribution in [0.2, 0.25) is 0 Å². The number of nitrogens with zero attached hydrogens (tertiary/aromatic N) is 1. The summed E-state index contributed by atoms with van der Waals surface area (Å²) in [5.41, 5.74) is 3.48. The van der Waals surface area contributed by atoms with Gasteiger partial charge in [0, 0.05) is 0 Å². The van der Waals surface area contributed by atoms with Gasteiger partial charge in [-0.05, 0) is 0 Å². The van der Waals surface area contributed by atoms with E-state index in [1.54, 1.807) is 10.9 Å². The first-order valence-corrected chi connectivity index (χ1v) is 2.18. The average Bonchev–Trinajstić information content (AvgIpc) is 2.06. The van der Waals surface area contributed by atoms with Gasteiger partial charge in [0.25, 0.3) is 5.09 Å². The largest absolute Gasteiger partial charge is 0.343 e. The Bertz CT molecular complexity index is 104. The molecule has 74 valence electrons. The van der Waals surface area contributed by atoms with Gasteiger partial charge in [0.1, 0.15) is 0 Å². The van der Waals surface area contributed by atoms with Gasteiger partial charge in [-0.25, -0.2) is 16.5 Å². The quantitative estimate of drug-likeness (QED) is 0.0868. The Kier molecular flexibility index (Phi) is 22.5. The van der Waals surface area contributed by atoms with Gasteiger partial charge in [-0.2, -0.15) is 0 Å². The zero-order valence-corrected chi connectivity index (χ0v) is 5.93. The lowest BCUT2D eigenvalue weighted by atomic mass is 11.1. The van der Waals surface area contributed by atoms with Crippen LogP contribution in [-0.2, 0) is 0 Å². The molecule has 0 bridgehead atoms. The summed E-state index contributed by atoms with van der Waals surface area (Å²) in [4.78, 5) is 18.1. The summed E-state index contributed by atoms with van der Waals surface area (Å²) >= 11 is 0. The zero-order chi connectivity index (χ0) is 10.6. The Labute approximate surface area is 66.7 Å². The summed E-state index contributed by atoms with van der Waals surface area (Å²) in [6.45, 7) is 0. The second-order valence-corrected chi connectivity index (χ2v) is 0.856. The number of nitrogens with two attached hydrogens (primary N) is 4. The maximum absolute atomic E-state index is 9.71. The number of hydrogen-bond acceptors (Lipinski definition) is 7. The molecular formula is CH11N7O4. The van der Waals surface area contributed by atoms with Gasteiger partial charge in [-0.15, -0.1) is 10.1 Å². The lowest BCUT2D eigenvalue weighted by Crippen LogP contribution is -2.43. The van der Waals surface area contributed by atoms with Crippen LogP contribution in [0.25, 0.3) is 0 Å². The molecule has 12 heavy (non-hydrogen) atoms. The van der Waals surface area contributed by atoms with Crippen molar-refractivity contribution in [3.8, 4) is 0 Å². The highest BCUT2D eigenvalue weighted by molar-refractivity contribution is 5.72. The van der Waals surface area contributed by atoms with Crippen LogP contribution in [0.4, 0.5) is 4.79 Å². The first-order valence-electron chi connectivity index (χ1n) is 2.18. The predicted molar refractivity (Wildman–Crippen MR) is 37.2 cm³/mol. The molecule has 0 aliphatic rings. The zero-order valence-electron chi connectivity index (χ0n) is 5.93. The lowest BCUT2D eigenvalue weighted by molar-refractivity contribution is -0.742. The maximum atomic E-state index is 9.71. The first kappa shape index (κ1) is 16.7. The van der Waals surface area contributed by atoms with Crippen molar-refractivity contribution in [2.75, 3.05) is 0 Å². The van der Waals surface area contributed by atoms with Gasteiger partial charge in [-0.3, -0.25) is 22.5 Å². The van der Waals surface area contributed by atoms with E-state index >= 15 is 0 Å². The highest BCUT2D eigenvalue weighted by Crippen LogP contribution is 1.42. The number of carbonyl (C=O) groups excluding carboxylic acids is 1. The van der Waals surface area contributed by atoms with E-state index in [1.807, 2.05) is 0 Å². The van der Waals surface area contributed by atoms with Crippen LogP contribution in [0.15, 0.2) is 0 Å². The van der Waals surface area contributed by atoms with Crippen LogP contribution in [0, 0.1) is 10.1 Å². The fourth-order valence-corrected chi connectivity index (χ4v) is 0.0417. The first-order chi connectivity index (χ1) is 5.54. The van der Waals surface area contributed by atoms with Crippen molar-refractivity contribution in [3.05, 3.63) is 10.1 Å². The fourth-order valence-electron chi connectivity index (χ4n) is 0.0417. The summed E-state index contributed by atoms with van der Waals surface area (Å²) < 4.78 is 0. The summed E-state index contributed by atoms with van der Waals surface area (Å²) in [6, 6.07) is -0.602. The van der Waals surface area contributed by atoms with E-state index in [1.165, 1.54) is 0 Å². The number of hydrogen-bond donors (Lipinski definition) is 7. The fraction of sp³-hybridized carbons (Fsp3) is 0. The van der Waals surface area contributed by atoms with Gasteiger partial charge in [-0.1, -0.05) is 0 Å². The SMILES string of the molecule is NN.NNC(=O)NN.O=[N+]([O-])O. The average molecular weight is 185 g/mol. The van der Waals surface area contributed by atoms with E-state index in [4.69, 9.17) is 15.3 Å². The van der Waals surface area contributed by atoms with Gasteiger partial charge >= 0.3 is 6.03 Å². The number of nitrogens with one attached hydrogen (secondary N) is 2. The molecule has 11 heteroatoms. The third kappa shape index (κ3) is 83.2. The summed E-state index contributed by atoms with van der Waals surface area (Å²) in [6.07, 6.45) is 0. The number of rotatable bonds is 0. The van der Waals surface area contributed by atoms with E-state index in [2.05, 4.69) is 23.4 Å². The summed E-state index contributed by atoms with van der Waals surface area (Å²) in [5, 5.41) is 13.6. The van der Waals surface area contributed by atoms with Crippen molar-refractivity contribution in [3.63, 3.8) is 0 Å². The van der Waals surface area contributed by atoms with E-state index in [-0.39, 0.29) is 0 Å². The number of amides is 2. The van der Waals surface area contributed by atoms with E-state index in [0.29, 0.717) is 0 Å². The topological polar surface area (TPSA) is 209 Å². The van der Waals surface area contributed by atoms with Crippen LogP contribution in [0.5, 0.6) is 0 Å². The van der Waals surface area contributed by atoms with E-state index < -0.39 is 11.1 Å². The van der Waals surface area contributed by atoms with Gasteiger partial charge in [0.15, 0.2) is 0 Å². The van der Waals surface area contributed by atoms with Gasteiger partial charge in [0.05, 0.1) is 0 Å². The van der Waals surface area contributed by atoms with Crippen LogP contribution in [0.1, 0.15) is 0 Å². The molecule has 11 nitrogen and oxygen atoms in total. The highest BCUT2D eigenvalue weighted by Gasteiger charge is 1.83. The monoisotopic (exact) mass is 185 g/mol. The Hall–Kier alpha value is -1.69. The molecule has 0 atom stereocenters. The summed E-state index contributed by atoms with van der Waals surface area (Å²) in [7, 11) is 0. The molecule has 0 unspecified atom stereocenters. The minimum Gasteiger partial charge on any atom is -0.328 e. The molecule has 0 fully saturated rings. The number of carbonyl (C=O) groups is 1. The smallest absolute Gasteiger partial charge is 0.328 e. The minimum atomic E-state index is -1.50. The highest BCUT2D eigenvalue weighted by atomic mass is 16.9. The molecule has 0 aliphatic carbocycles. The Balaban J connectivity index is -0.000000118. The van der Waals surface area contributed by atoms with E-state index in [0.717, 1.165) is 0 Å². The molecular weight excluding hydrogens is 174 g/mol. The minimum absolute atomic E-state index is 0.602. The van der Waals surface area contributed by atoms with E-state index in [9.17, 15) is 4.79 Å². The Morgan fingerprint density at radius 1 is 1.33 bits per heavy atom. The molecule has 11 N–H and O–H groups in total. The second-order valence-electron chi connectivity index (χ2n) is 0.856. The van der Waals surface area contributed by atoms with Crippen LogP contribution in [0.3, 0.4) is 0 Å². The Morgan fingerprint density at radius 2 is 1.50 bits per heavy atom. The molecule has 2 amide bonds. The molecule has 0 aromatic carbocycles. The third-order valence-electron chi connectivity index (χ3n) is 0.262. The van der Waals surface area contributed by atoms with Gasteiger partial charge in [0.2, 0.25) is 0 Å². The maximum Gasteiger partial charge on any atom is 0.343 e. The second kappa shape index (κ2) is 16.1. The molecule has 0 rings (SSSR count). The molecule has 0 saturated carbocycles. The van der Waals surface area contributed by atoms with Crippen LogP contribution < -0.4 is 34.2 Å². The molecule has 0 spiro atoms. The standard InChI is InChI=1S/CH6N4O.H4N2.HNO3/c2-4-1(6)5-3;1-2;2-1(3)4/h2-3H2,(H2,4,5,6);1-2H2;(H,2,3,4). The Morgan fingerprint density at radius 3 is 1.50 bits per heavy atom. The van der Waals surface area contributed by atoms with Crippen molar-refractivity contribution in [1.82, 2.24) is 10.9 Å². The van der Waals surface area contributed by atoms with Crippen molar-refractivity contribution in [2.24, 2.45) is 23.4 Å². The molecule has 0 aliphatic heterocycles. The van der Waals surface area contributed by atoms with Crippen molar-refractivity contribution in [2.45, 2.75) is 0 Å². The van der Waals surface area contributed by atoms with Crippen LogP contribution >= 0.6 is 0 Å². The number of hydrazine groups is 3.